The second-order valence-corrected chi connectivity index (χ2v) is 8.73. The lowest BCUT2D eigenvalue weighted by Crippen LogP contribution is -2.09. The third kappa shape index (κ3) is 5.87. The van der Waals surface area contributed by atoms with Crippen LogP contribution in [0.1, 0.15) is 5.69 Å². The standard InChI is InChI=1S/C28H22ClN5O5/c29-24-4-2-1-3-23(24)26-11-10-25(19-5-8-21(9-6-19)39-22-15-30-18-31-16-22)33(26)17-20-7-12-27(38-14-13-35)28(32-20)34(36)37/h1-12,15-16,18,35H,13-14,17H2. The molecule has 0 atom stereocenters. The van der Waals surface area contributed by atoms with E-state index in [-0.39, 0.29) is 25.5 Å². The van der Waals surface area contributed by atoms with Gasteiger partial charge in [-0.2, -0.15) is 0 Å². The Balaban J connectivity index is 1.53. The molecule has 0 aliphatic rings. The predicted octanol–water partition coefficient (Wildman–Crippen LogP) is 5.78. The van der Waals surface area contributed by atoms with Crippen molar-refractivity contribution in [2.24, 2.45) is 0 Å². The van der Waals surface area contributed by atoms with E-state index in [1.165, 1.54) is 12.4 Å². The third-order valence-corrected chi connectivity index (χ3v) is 6.12. The summed E-state index contributed by atoms with van der Waals surface area (Å²) in [6, 6.07) is 22.1. The molecule has 0 saturated carbocycles. The summed E-state index contributed by atoms with van der Waals surface area (Å²) in [5.74, 6) is 0.721. The summed E-state index contributed by atoms with van der Waals surface area (Å²) >= 11 is 6.54. The fourth-order valence-corrected chi connectivity index (χ4v) is 4.32. The van der Waals surface area contributed by atoms with Crippen molar-refractivity contribution in [1.82, 2.24) is 19.5 Å². The van der Waals surface area contributed by atoms with Crippen LogP contribution in [0.4, 0.5) is 5.82 Å². The number of aliphatic hydroxyl groups excluding tert-OH is 1. The Morgan fingerprint density at radius 2 is 1.67 bits per heavy atom. The summed E-state index contributed by atoms with van der Waals surface area (Å²) in [4.78, 5) is 23.3. The SMILES string of the molecule is O=[N+]([O-])c1nc(Cn2c(-c3ccc(Oc4cncnc4)cc3)ccc2-c2ccccc2Cl)ccc1OCCO. The first-order chi connectivity index (χ1) is 19.0. The molecule has 0 unspecified atom stereocenters. The van der Waals surface area contributed by atoms with Crippen LogP contribution < -0.4 is 9.47 Å². The van der Waals surface area contributed by atoms with Gasteiger partial charge in [-0.25, -0.2) is 9.97 Å². The Hall–Kier alpha value is -4.80. The number of benzene rings is 2. The summed E-state index contributed by atoms with van der Waals surface area (Å²) in [6.07, 6.45) is 4.59. The third-order valence-electron chi connectivity index (χ3n) is 5.79. The zero-order valence-corrected chi connectivity index (χ0v) is 21.2. The average molecular weight is 544 g/mol. The summed E-state index contributed by atoms with van der Waals surface area (Å²) in [6.45, 7) is -0.114. The minimum Gasteiger partial charge on any atom is -0.483 e. The van der Waals surface area contributed by atoms with Crippen LogP contribution in [0, 0.1) is 10.1 Å². The van der Waals surface area contributed by atoms with Crippen molar-refractivity contribution in [3.05, 3.63) is 112 Å². The number of ether oxygens (including phenoxy) is 2. The van der Waals surface area contributed by atoms with Gasteiger partial charge in [-0.05, 0) is 70.1 Å². The molecular formula is C28H22ClN5O5. The fraction of sp³-hybridized carbons (Fsp3) is 0.107. The van der Waals surface area contributed by atoms with Gasteiger partial charge in [-0.3, -0.25) is 0 Å². The van der Waals surface area contributed by atoms with Gasteiger partial charge in [0.1, 0.15) is 18.7 Å². The molecule has 3 aromatic heterocycles. The summed E-state index contributed by atoms with van der Waals surface area (Å²) in [5, 5.41) is 21.3. The molecule has 0 fully saturated rings. The summed E-state index contributed by atoms with van der Waals surface area (Å²) in [5.41, 5.74) is 3.83. The van der Waals surface area contributed by atoms with Crippen molar-refractivity contribution in [2.75, 3.05) is 13.2 Å². The van der Waals surface area contributed by atoms with E-state index in [2.05, 4.69) is 15.0 Å². The minimum atomic E-state index is -0.599. The Kier molecular flexibility index (Phi) is 7.76. The number of hydrogen-bond acceptors (Lipinski definition) is 8. The van der Waals surface area contributed by atoms with Crippen molar-refractivity contribution in [2.45, 2.75) is 6.54 Å². The predicted molar refractivity (Wildman–Crippen MR) is 145 cm³/mol. The van der Waals surface area contributed by atoms with E-state index in [0.29, 0.717) is 22.2 Å². The van der Waals surface area contributed by atoms with Crippen LogP contribution >= 0.6 is 11.6 Å². The first-order valence-corrected chi connectivity index (χ1v) is 12.3. The number of aromatic nitrogens is 4. The molecule has 11 heteroatoms. The van der Waals surface area contributed by atoms with Crippen molar-refractivity contribution in [3.8, 4) is 39.8 Å². The van der Waals surface area contributed by atoms with E-state index in [1.807, 2.05) is 65.2 Å². The second kappa shape index (κ2) is 11.7. The molecule has 0 spiro atoms. The van der Waals surface area contributed by atoms with Gasteiger partial charge in [0.2, 0.25) is 5.75 Å². The van der Waals surface area contributed by atoms with Crippen molar-refractivity contribution >= 4 is 17.4 Å². The van der Waals surface area contributed by atoms with Crippen LogP contribution in [0.3, 0.4) is 0 Å². The number of nitrogens with zero attached hydrogens (tertiary/aromatic N) is 5. The molecule has 0 saturated heterocycles. The lowest BCUT2D eigenvalue weighted by molar-refractivity contribution is -0.390. The smallest absolute Gasteiger partial charge is 0.406 e. The lowest BCUT2D eigenvalue weighted by Gasteiger charge is -2.14. The molecule has 3 heterocycles. The molecule has 5 aromatic rings. The number of hydrogen-bond donors (Lipinski definition) is 1. The van der Waals surface area contributed by atoms with Gasteiger partial charge in [-0.1, -0.05) is 29.8 Å². The molecule has 1 N–H and O–H groups in total. The maximum atomic E-state index is 11.7. The van der Waals surface area contributed by atoms with E-state index in [4.69, 9.17) is 26.2 Å². The van der Waals surface area contributed by atoms with Gasteiger partial charge in [0.15, 0.2) is 11.4 Å². The highest BCUT2D eigenvalue weighted by atomic mass is 35.5. The van der Waals surface area contributed by atoms with Crippen molar-refractivity contribution in [1.29, 1.82) is 0 Å². The molecule has 2 aromatic carbocycles. The van der Waals surface area contributed by atoms with E-state index in [1.54, 1.807) is 18.5 Å². The Bertz CT molecular complexity index is 1590. The molecule has 39 heavy (non-hydrogen) atoms. The molecule has 5 rings (SSSR count). The molecule has 0 bridgehead atoms. The van der Waals surface area contributed by atoms with E-state index in [9.17, 15) is 10.1 Å². The first-order valence-electron chi connectivity index (χ1n) is 11.9. The van der Waals surface area contributed by atoms with Crippen molar-refractivity contribution < 1.29 is 19.5 Å². The maximum absolute atomic E-state index is 11.7. The van der Waals surface area contributed by atoms with E-state index >= 15 is 0 Å². The summed E-state index contributed by atoms with van der Waals surface area (Å²) < 4.78 is 13.1. The monoisotopic (exact) mass is 543 g/mol. The molecule has 0 amide bonds. The maximum Gasteiger partial charge on any atom is 0.406 e. The first kappa shape index (κ1) is 25.8. The Labute approximate surface area is 228 Å². The highest BCUT2D eigenvalue weighted by Crippen LogP contribution is 2.35. The molecule has 196 valence electrons. The van der Waals surface area contributed by atoms with E-state index in [0.717, 1.165) is 22.5 Å². The quantitative estimate of drug-likeness (QED) is 0.173. The Morgan fingerprint density at radius 1 is 0.923 bits per heavy atom. The zero-order valence-electron chi connectivity index (χ0n) is 20.5. The zero-order chi connectivity index (χ0) is 27.2. The molecule has 0 radical (unpaired) electrons. The second-order valence-electron chi connectivity index (χ2n) is 8.32. The topological polar surface area (TPSA) is 125 Å². The van der Waals surface area contributed by atoms with Gasteiger partial charge in [0.25, 0.3) is 0 Å². The molecule has 10 nitrogen and oxygen atoms in total. The van der Waals surface area contributed by atoms with Gasteiger partial charge in [-0.15, -0.1) is 0 Å². The lowest BCUT2D eigenvalue weighted by atomic mass is 10.1. The van der Waals surface area contributed by atoms with Crippen LogP contribution in [0.5, 0.6) is 17.2 Å². The van der Waals surface area contributed by atoms with Crippen LogP contribution in [0.2, 0.25) is 5.02 Å². The van der Waals surface area contributed by atoms with Crippen LogP contribution in [-0.4, -0.2) is 42.8 Å². The summed E-state index contributed by atoms with van der Waals surface area (Å²) in [7, 11) is 0. The van der Waals surface area contributed by atoms with Gasteiger partial charge < -0.3 is 29.3 Å². The normalized spacial score (nSPS) is 10.8. The van der Waals surface area contributed by atoms with Gasteiger partial charge >= 0.3 is 5.82 Å². The van der Waals surface area contributed by atoms with Crippen molar-refractivity contribution in [3.63, 3.8) is 0 Å². The average Bonchev–Trinajstić information content (AvgIpc) is 3.36. The number of halogens is 1. The number of nitro groups is 1. The number of aliphatic hydroxyl groups is 1. The van der Waals surface area contributed by atoms with Crippen LogP contribution in [-0.2, 0) is 6.54 Å². The number of pyridine rings is 1. The minimum absolute atomic E-state index is 0.00346. The molecule has 0 aliphatic heterocycles. The molecular weight excluding hydrogens is 522 g/mol. The van der Waals surface area contributed by atoms with Gasteiger partial charge in [0, 0.05) is 16.3 Å². The number of rotatable bonds is 10. The Morgan fingerprint density at radius 3 is 2.38 bits per heavy atom. The van der Waals surface area contributed by atoms with Crippen LogP contribution in [0.15, 0.2) is 91.5 Å². The van der Waals surface area contributed by atoms with E-state index < -0.39 is 10.7 Å². The highest BCUT2D eigenvalue weighted by molar-refractivity contribution is 6.33. The van der Waals surface area contributed by atoms with Gasteiger partial charge in [0.05, 0.1) is 31.2 Å². The fourth-order valence-electron chi connectivity index (χ4n) is 4.09. The molecule has 0 aliphatic carbocycles. The largest absolute Gasteiger partial charge is 0.483 e. The highest BCUT2D eigenvalue weighted by Gasteiger charge is 2.22. The van der Waals surface area contributed by atoms with Crippen LogP contribution in [0.25, 0.3) is 22.5 Å².